The van der Waals surface area contributed by atoms with Crippen molar-refractivity contribution in [2.45, 2.75) is 32.4 Å². The van der Waals surface area contributed by atoms with Gasteiger partial charge in [-0.3, -0.25) is 9.59 Å². The zero-order valence-corrected chi connectivity index (χ0v) is 14.0. The van der Waals surface area contributed by atoms with Gasteiger partial charge in [0.1, 0.15) is 11.6 Å². The van der Waals surface area contributed by atoms with E-state index in [4.69, 9.17) is 9.84 Å². The van der Waals surface area contributed by atoms with Crippen molar-refractivity contribution in [2.75, 3.05) is 0 Å². The molecule has 0 aromatic heterocycles. The summed E-state index contributed by atoms with van der Waals surface area (Å²) >= 11 is 0. The lowest BCUT2D eigenvalue weighted by atomic mass is 10.0. The van der Waals surface area contributed by atoms with E-state index in [1.165, 1.54) is 24.3 Å². The number of aliphatic carboxylic acids is 1. The number of amides is 1. The van der Waals surface area contributed by atoms with Gasteiger partial charge in [-0.1, -0.05) is 24.3 Å². The minimum absolute atomic E-state index is 0.311. The van der Waals surface area contributed by atoms with Gasteiger partial charge in [-0.2, -0.15) is 0 Å². The first kappa shape index (κ1) is 18.4. The minimum atomic E-state index is -1.07. The summed E-state index contributed by atoms with van der Waals surface area (Å²) in [6.45, 7) is 3.50. The van der Waals surface area contributed by atoms with Crippen LogP contribution in [0.5, 0.6) is 5.75 Å². The average Bonchev–Trinajstić information content (AvgIpc) is 2.54. The SMILES string of the molecule is Cc1cccc(OC(C)C(=O)NC(CC(=O)O)c2ccc(F)cc2)c1. The molecule has 5 nitrogen and oxygen atoms in total. The van der Waals surface area contributed by atoms with E-state index >= 15 is 0 Å². The first-order chi connectivity index (χ1) is 11.8. The fourth-order valence-corrected chi connectivity index (χ4v) is 2.36. The van der Waals surface area contributed by atoms with Crippen molar-refractivity contribution in [3.63, 3.8) is 0 Å². The van der Waals surface area contributed by atoms with Gasteiger partial charge >= 0.3 is 5.97 Å². The molecule has 0 spiro atoms. The smallest absolute Gasteiger partial charge is 0.305 e. The molecule has 25 heavy (non-hydrogen) atoms. The summed E-state index contributed by atoms with van der Waals surface area (Å²) in [5, 5.41) is 11.7. The number of rotatable bonds is 7. The van der Waals surface area contributed by atoms with Gasteiger partial charge in [0, 0.05) is 0 Å². The molecule has 0 aliphatic carbocycles. The van der Waals surface area contributed by atoms with Crippen LogP contribution in [0.25, 0.3) is 0 Å². The Hall–Kier alpha value is -2.89. The Bertz CT molecular complexity index is 745. The monoisotopic (exact) mass is 345 g/mol. The van der Waals surface area contributed by atoms with Gasteiger partial charge in [-0.05, 0) is 49.2 Å². The molecule has 0 saturated heterocycles. The number of aryl methyl sites for hydroxylation is 1. The molecule has 132 valence electrons. The topological polar surface area (TPSA) is 75.6 Å². The number of carbonyl (C=O) groups is 2. The molecular weight excluding hydrogens is 325 g/mol. The third kappa shape index (κ3) is 5.60. The van der Waals surface area contributed by atoms with Crippen LogP contribution < -0.4 is 10.1 Å². The van der Waals surface area contributed by atoms with Crippen LogP contribution in [0.15, 0.2) is 48.5 Å². The maximum atomic E-state index is 13.1. The van der Waals surface area contributed by atoms with E-state index in [0.29, 0.717) is 11.3 Å². The zero-order valence-electron chi connectivity index (χ0n) is 14.0. The van der Waals surface area contributed by atoms with E-state index in [2.05, 4.69) is 5.32 Å². The molecule has 2 unspecified atom stereocenters. The number of carboxylic acid groups (broad SMARTS) is 1. The Morgan fingerprint density at radius 2 is 1.88 bits per heavy atom. The summed E-state index contributed by atoms with van der Waals surface area (Å²) in [5.41, 5.74) is 1.51. The highest BCUT2D eigenvalue weighted by atomic mass is 19.1. The third-order valence-electron chi connectivity index (χ3n) is 3.64. The lowest BCUT2D eigenvalue weighted by Gasteiger charge is -2.21. The summed E-state index contributed by atoms with van der Waals surface area (Å²) in [6.07, 6.45) is -1.12. The second-order valence-electron chi connectivity index (χ2n) is 5.79. The van der Waals surface area contributed by atoms with Crippen LogP contribution in [0.4, 0.5) is 4.39 Å². The van der Waals surface area contributed by atoms with Gasteiger partial charge in [0.15, 0.2) is 6.10 Å². The van der Waals surface area contributed by atoms with Gasteiger partial charge in [0.2, 0.25) is 0 Å². The Balaban J connectivity index is 2.07. The molecule has 0 saturated carbocycles. The van der Waals surface area contributed by atoms with Crippen LogP contribution in [-0.2, 0) is 9.59 Å². The number of ether oxygens (including phenoxy) is 1. The van der Waals surface area contributed by atoms with Crippen molar-refractivity contribution in [1.82, 2.24) is 5.32 Å². The van der Waals surface area contributed by atoms with E-state index in [-0.39, 0.29) is 6.42 Å². The Morgan fingerprint density at radius 3 is 2.48 bits per heavy atom. The number of nitrogens with one attached hydrogen (secondary N) is 1. The molecule has 0 heterocycles. The normalized spacial score (nSPS) is 12.9. The highest BCUT2D eigenvalue weighted by molar-refractivity contribution is 5.82. The molecule has 2 aromatic carbocycles. The first-order valence-corrected chi connectivity index (χ1v) is 7.86. The predicted octanol–water partition coefficient (Wildman–Crippen LogP) is 3.23. The highest BCUT2D eigenvalue weighted by Gasteiger charge is 2.22. The van der Waals surface area contributed by atoms with Crippen molar-refractivity contribution in [3.05, 3.63) is 65.5 Å². The minimum Gasteiger partial charge on any atom is -0.481 e. The quantitative estimate of drug-likeness (QED) is 0.808. The van der Waals surface area contributed by atoms with Crippen LogP contribution in [0.1, 0.15) is 30.5 Å². The Kier molecular flexibility index (Phi) is 6.11. The molecule has 2 aromatic rings. The third-order valence-corrected chi connectivity index (χ3v) is 3.64. The van der Waals surface area contributed by atoms with Gasteiger partial charge < -0.3 is 15.2 Å². The maximum absolute atomic E-state index is 13.1. The summed E-state index contributed by atoms with van der Waals surface area (Å²) in [4.78, 5) is 23.4. The molecule has 1 amide bonds. The van der Waals surface area contributed by atoms with Crippen molar-refractivity contribution in [2.24, 2.45) is 0 Å². The standard InChI is InChI=1S/C19H20FNO4/c1-12-4-3-5-16(10-12)25-13(2)19(24)21-17(11-18(22)23)14-6-8-15(20)9-7-14/h3-10,13,17H,11H2,1-2H3,(H,21,24)(H,22,23). The van der Waals surface area contributed by atoms with Crippen molar-refractivity contribution in [3.8, 4) is 5.75 Å². The van der Waals surface area contributed by atoms with Crippen LogP contribution in [0.3, 0.4) is 0 Å². The number of carboxylic acids is 1. The lowest BCUT2D eigenvalue weighted by molar-refractivity contribution is -0.138. The number of hydrogen-bond donors (Lipinski definition) is 2. The van der Waals surface area contributed by atoms with Crippen molar-refractivity contribution >= 4 is 11.9 Å². The highest BCUT2D eigenvalue weighted by Crippen LogP contribution is 2.19. The van der Waals surface area contributed by atoms with E-state index in [9.17, 15) is 14.0 Å². The Labute approximate surface area is 145 Å². The molecule has 0 fully saturated rings. The molecule has 2 N–H and O–H groups in total. The molecule has 2 rings (SSSR count). The molecule has 6 heteroatoms. The van der Waals surface area contributed by atoms with E-state index < -0.39 is 29.8 Å². The van der Waals surface area contributed by atoms with Gasteiger partial charge in [-0.15, -0.1) is 0 Å². The fourth-order valence-electron chi connectivity index (χ4n) is 2.36. The van der Waals surface area contributed by atoms with Crippen molar-refractivity contribution < 1.29 is 23.8 Å². The van der Waals surface area contributed by atoms with E-state index in [0.717, 1.165) is 5.56 Å². The number of hydrogen-bond acceptors (Lipinski definition) is 3. The summed E-state index contributed by atoms with van der Waals surface area (Å²) < 4.78 is 18.7. The lowest BCUT2D eigenvalue weighted by Crippen LogP contribution is -2.39. The second-order valence-corrected chi connectivity index (χ2v) is 5.79. The van der Waals surface area contributed by atoms with Crippen LogP contribution in [-0.4, -0.2) is 23.1 Å². The molecular formula is C19H20FNO4. The molecule has 0 aliphatic rings. The van der Waals surface area contributed by atoms with Crippen LogP contribution >= 0.6 is 0 Å². The van der Waals surface area contributed by atoms with Gasteiger partial charge in [0.05, 0.1) is 12.5 Å². The number of carbonyl (C=O) groups excluding carboxylic acids is 1. The first-order valence-electron chi connectivity index (χ1n) is 7.86. The molecule has 0 bridgehead atoms. The summed E-state index contributed by atoms with van der Waals surface area (Å²) in [6, 6.07) is 11.9. The fraction of sp³-hybridized carbons (Fsp3) is 0.263. The van der Waals surface area contributed by atoms with Crippen LogP contribution in [0, 0.1) is 12.7 Å². The molecule has 0 radical (unpaired) electrons. The Morgan fingerprint density at radius 1 is 1.20 bits per heavy atom. The average molecular weight is 345 g/mol. The van der Waals surface area contributed by atoms with E-state index in [1.807, 2.05) is 19.1 Å². The molecule has 2 atom stereocenters. The summed E-state index contributed by atoms with van der Waals surface area (Å²) in [7, 11) is 0. The summed E-state index contributed by atoms with van der Waals surface area (Å²) in [5.74, 6) is -1.39. The predicted molar refractivity (Wildman–Crippen MR) is 90.8 cm³/mol. The zero-order chi connectivity index (χ0) is 18.4. The van der Waals surface area contributed by atoms with Gasteiger partial charge in [0.25, 0.3) is 5.91 Å². The van der Waals surface area contributed by atoms with Gasteiger partial charge in [-0.25, -0.2) is 4.39 Å². The van der Waals surface area contributed by atoms with Crippen LogP contribution in [0.2, 0.25) is 0 Å². The van der Waals surface area contributed by atoms with Crippen molar-refractivity contribution in [1.29, 1.82) is 0 Å². The second kappa shape index (κ2) is 8.28. The number of halogens is 1. The van der Waals surface area contributed by atoms with E-state index in [1.54, 1.807) is 19.1 Å². The molecule has 0 aliphatic heterocycles. The maximum Gasteiger partial charge on any atom is 0.305 e. The largest absolute Gasteiger partial charge is 0.481 e. The number of benzene rings is 2.